The van der Waals surface area contributed by atoms with Gasteiger partial charge in [0.05, 0.1) is 0 Å². The minimum Gasteiger partial charge on any atom is -0.492 e. The molecule has 0 radical (unpaired) electrons. The highest BCUT2D eigenvalue weighted by molar-refractivity contribution is 9.10. The highest BCUT2D eigenvalue weighted by Crippen LogP contribution is 2.23. The molecular weight excluding hydrogens is 322 g/mol. The van der Waals surface area contributed by atoms with Crippen molar-refractivity contribution < 1.29 is 4.74 Å². The maximum absolute atomic E-state index is 5.74. The molecule has 4 heteroatoms. The van der Waals surface area contributed by atoms with E-state index in [1.807, 2.05) is 24.3 Å². The second-order valence-electron chi connectivity index (χ2n) is 4.47. The van der Waals surface area contributed by atoms with Gasteiger partial charge in [-0.05, 0) is 49.7 Å². The van der Waals surface area contributed by atoms with E-state index in [4.69, 9.17) is 4.74 Å². The van der Waals surface area contributed by atoms with E-state index in [9.17, 15) is 0 Å². The van der Waals surface area contributed by atoms with Crippen LogP contribution in [0.15, 0.2) is 46.3 Å². The summed E-state index contributed by atoms with van der Waals surface area (Å²) in [5.74, 6) is 0.917. The molecule has 0 aliphatic carbocycles. The van der Waals surface area contributed by atoms with Crippen LogP contribution in [0.5, 0.6) is 5.75 Å². The first kappa shape index (κ1) is 14.6. The minimum absolute atomic E-state index is 0.438. The molecule has 1 atom stereocenters. The normalized spacial score (nSPS) is 12.6. The summed E-state index contributed by atoms with van der Waals surface area (Å²) >= 11 is 5.22. The number of hydrogen-bond acceptors (Lipinski definition) is 3. The van der Waals surface area contributed by atoms with E-state index in [-0.39, 0.29) is 0 Å². The molecule has 0 spiro atoms. The van der Waals surface area contributed by atoms with E-state index >= 15 is 0 Å². The van der Waals surface area contributed by atoms with Crippen molar-refractivity contribution in [1.82, 2.24) is 4.90 Å². The third-order valence-corrected chi connectivity index (χ3v) is 4.71. The number of benzene rings is 1. The van der Waals surface area contributed by atoms with Gasteiger partial charge in [-0.1, -0.05) is 22.0 Å². The summed E-state index contributed by atoms with van der Waals surface area (Å²) in [6.07, 6.45) is 0. The van der Waals surface area contributed by atoms with Crippen molar-refractivity contribution in [1.29, 1.82) is 0 Å². The lowest BCUT2D eigenvalue weighted by molar-refractivity contribution is 0.202. The van der Waals surface area contributed by atoms with Crippen LogP contribution in [0.2, 0.25) is 0 Å². The molecule has 0 N–H and O–H groups in total. The summed E-state index contributed by atoms with van der Waals surface area (Å²) in [5, 5.41) is 2.12. The lowest BCUT2D eigenvalue weighted by Crippen LogP contribution is -2.26. The molecule has 0 saturated carbocycles. The van der Waals surface area contributed by atoms with Crippen molar-refractivity contribution in [2.75, 3.05) is 20.2 Å². The number of likely N-dealkylation sites (N-methyl/N-ethyl adjacent to an activating group) is 1. The molecule has 1 unspecified atom stereocenters. The van der Waals surface area contributed by atoms with E-state index in [0.717, 1.165) is 16.8 Å². The fourth-order valence-electron chi connectivity index (χ4n) is 1.78. The highest BCUT2D eigenvalue weighted by Gasteiger charge is 2.12. The molecule has 0 aliphatic rings. The van der Waals surface area contributed by atoms with Gasteiger partial charge in [0.1, 0.15) is 12.4 Å². The van der Waals surface area contributed by atoms with Gasteiger partial charge in [0.2, 0.25) is 0 Å². The van der Waals surface area contributed by atoms with Crippen LogP contribution in [0.25, 0.3) is 0 Å². The number of rotatable bonds is 6. The molecule has 0 saturated heterocycles. The first-order valence-electron chi connectivity index (χ1n) is 6.29. The fraction of sp³-hybridized carbons (Fsp3) is 0.333. The van der Waals surface area contributed by atoms with Gasteiger partial charge in [-0.2, -0.15) is 0 Å². The molecule has 1 heterocycles. The SMILES string of the molecule is CC(c1cccs1)N(C)CCOc1ccc(Br)cc1. The maximum Gasteiger partial charge on any atom is 0.119 e. The third-order valence-electron chi connectivity index (χ3n) is 3.14. The number of nitrogens with zero attached hydrogens (tertiary/aromatic N) is 1. The highest BCUT2D eigenvalue weighted by atomic mass is 79.9. The van der Waals surface area contributed by atoms with Crippen LogP contribution in [0.3, 0.4) is 0 Å². The predicted molar refractivity (Wildman–Crippen MR) is 85.0 cm³/mol. The van der Waals surface area contributed by atoms with E-state index in [2.05, 4.69) is 52.3 Å². The van der Waals surface area contributed by atoms with Gasteiger partial charge in [0.25, 0.3) is 0 Å². The molecule has 102 valence electrons. The quantitative estimate of drug-likeness (QED) is 0.763. The minimum atomic E-state index is 0.438. The standard InChI is InChI=1S/C15H18BrNOS/c1-12(15-4-3-11-19-15)17(2)9-10-18-14-7-5-13(16)6-8-14/h3-8,11-12H,9-10H2,1-2H3. The van der Waals surface area contributed by atoms with Gasteiger partial charge in [-0.15, -0.1) is 11.3 Å². The van der Waals surface area contributed by atoms with Crippen LogP contribution in [0.4, 0.5) is 0 Å². The monoisotopic (exact) mass is 339 g/mol. The van der Waals surface area contributed by atoms with Crippen LogP contribution in [0, 0.1) is 0 Å². The molecule has 2 rings (SSSR count). The van der Waals surface area contributed by atoms with Crippen LogP contribution in [-0.4, -0.2) is 25.1 Å². The second kappa shape index (κ2) is 7.08. The van der Waals surface area contributed by atoms with Crippen molar-refractivity contribution in [2.24, 2.45) is 0 Å². The molecule has 0 aliphatic heterocycles. The van der Waals surface area contributed by atoms with E-state index in [0.29, 0.717) is 12.6 Å². The van der Waals surface area contributed by atoms with E-state index < -0.39 is 0 Å². The Kier molecular flexibility index (Phi) is 5.43. The fourth-order valence-corrected chi connectivity index (χ4v) is 2.89. The average molecular weight is 340 g/mol. The Labute approximate surface area is 127 Å². The van der Waals surface area contributed by atoms with Crippen LogP contribution >= 0.6 is 27.3 Å². The predicted octanol–water partition coefficient (Wildman–Crippen LogP) is 4.58. The number of thiophene rings is 1. The Morgan fingerprint density at radius 2 is 2.00 bits per heavy atom. The van der Waals surface area contributed by atoms with Gasteiger partial charge in [-0.25, -0.2) is 0 Å². The van der Waals surface area contributed by atoms with Gasteiger partial charge in [-0.3, -0.25) is 4.90 Å². The van der Waals surface area contributed by atoms with Crippen molar-refractivity contribution in [3.63, 3.8) is 0 Å². The largest absolute Gasteiger partial charge is 0.492 e. The Morgan fingerprint density at radius 1 is 1.26 bits per heavy atom. The zero-order valence-corrected chi connectivity index (χ0v) is 13.6. The zero-order chi connectivity index (χ0) is 13.7. The Bertz CT molecular complexity index is 483. The smallest absolute Gasteiger partial charge is 0.119 e. The molecular formula is C15H18BrNOS. The van der Waals surface area contributed by atoms with Gasteiger partial charge < -0.3 is 4.74 Å². The van der Waals surface area contributed by atoms with Crippen molar-refractivity contribution in [3.8, 4) is 5.75 Å². The van der Waals surface area contributed by atoms with Crippen molar-refractivity contribution in [2.45, 2.75) is 13.0 Å². The topological polar surface area (TPSA) is 12.5 Å². The van der Waals surface area contributed by atoms with Crippen LogP contribution < -0.4 is 4.74 Å². The Hall–Kier alpha value is -0.840. The summed E-state index contributed by atoms with van der Waals surface area (Å²) in [4.78, 5) is 3.70. The van der Waals surface area contributed by atoms with Gasteiger partial charge >= 0.3 is 0 Å². The summed E-state index contributed by atoms with van der Waals surface area (Å²) in [6, 6.07) is 12.7. The van der Waals surface area contributed by atoms with Crippen molar-refractivity contribution >= 4 is 27.3 Å². The summed E-state index contributed by atoms with van der Waals surface area (Å²) in [5.41, 5.74) is 0. The molecule has 1 aromatic carbocycles. The molecule has 19 heavy (non-hydrogen) atoms. The maximum atomic E-state index is 5.74. The lowest BCUT2D eigenvalue weighted by atomic mass is 10.2. The lowest BCUT2D eigenvalue weighted by Gasteiger charge is -2.23. The van der Waals surface area contributed by atoms with Gasteiger partial charge in [0.15, 0.2) is 0 Å². The molecule has 1 aromatic heterocycles. The van der Waals surface area contributed by atoms with Crippen LogP contribution in [-0.2, 0) is 0 Å². The number of hydrogen-bond donors (Lipinski definition) is 0. The Balaban J connectivity index is 1.77. The van der Waals surface area contributed by atoms with Gasteiger partial charge in [0, 0.05) is 21.9 Å². The number of ether oxygens (including phenoxy) is 1. The summed E-state index contributed by atoms with van der Waals surface area (Å²) in [6.45, 7) is 3.84. The first-order chi connectivity index (χ1) is 9.16. The van der Waals surface area contributed by atoms with Crippen molar-refractivity contribution in [3.05, 3.63) is 51.1 Å². The third kappa shape index (κ3) is 4.34. The Morgan fingerprint density at radius 3 is 2.63 bits per heavy atom. The first-order valence-corrected chi connectivity index (χ1v) is 7.96. The average Bonchev–Trinajstić information content (AvgIpc) is 2.94. The zero-order valence-electron chi connectivity index (χ0n) is 11.2. The molecule has 0 fully saturated rings. The number of halogens is 1. The van der Waals surface area contributed by atoms with E-state index in [1.54, 1.807) is 11.3 Å². The molecule has 0 bridgehead atoms. The van der Waals surface area contributed by atoms with E-state index in [1.165, 1.54) is 4.88 Å². The molecule has 2 nitrogen and oxygen atoms in total. The van der Waals surface area contributed by atoms with Crippen LogP contribution in [0.1, 0.15) is 17.8 Å². The molecule has 2 aromatic rings. The summed E-state index contributed by atoms with van der Waals surface area (Å²) < 4.78 is 6.81. The molecule has 0 amide bonds. The second-order valence-corrected chi connectivity index (χ2v) is 6.37. The summed E-state index contributed by atoms with van der Waals surface area (Å²) in [7, 11) is 2.13.